The van der Waals surface area contributed by atoms with Crippen molar-refractivity contribution in [3.63, 3.8) is 0 Å². The number of hydrogen-bond donors (Lipinski definition) is 4. The average molecular weight is 465 g/mol. The minimum absolute atomic E-state index is 0.211. The summed E-state index contributed by atoms with van der Waals surface area (Å²) in [6.45, 7) is 5.96. The first kappa shape index (κ1) is 33.9. The fraction of sp³-hybridized carbons (Fsp3) is 1.00. The largest absolute Gasteiger partial charge is 0.394 e. The van der Waals surface area contributed by atoms with Crippen molar-refractivity contribution in [1.82, 2.24) is 0 Å². The Labute approximate surface area is 198 Å². The Hall–Kier alpha value is -0.240. The standard InChI is InChI=1S/2C13H28O3/c2*1-2-3-4-5-6-7-8-9-10-16-12-13(15)11-14/h2*13-15H,2-12H2,1H3. The minimum Gasteiger partial charge on any atom is -0.394 e. The number of rotatable bonds is 24. The van der Waals surface area contributed by atoms with Crippen LogP contribution in [0.25, 0.3) is 0 Å². The zero-order chi connectivity index (χ0) is 24.1. The molecule has 2 atom stereocenters. The van der Waals surface area contributed by atoms with Crippen LogP contribution in [-0.4, -0.2) is 72.3 Å². The van der Waals surface area contributed by atoms with E-state index in [-0.39, 0.29) is 26.4 Å². The molecule has 0 spiro atoms. The van der Waals surface area contributed by atoms with Gasteiger partial charge in [0.1, 0.15) is 12.2 Å². The molecule has 6 nitrogen and oxygen atoms in total. The predicted octanol–water partition coefficient (Wildman–Crippen LogP) is 4.99. The molecule has 2 unspecified atom stereocenters. The van der Waals surface area contributed by atoms with E-state index in [0.29, 0.717) is 13.2 Å². The van der Waals surface area contributed by atoms with E-state index in [1.165, 1.54) is 89.9 Å². The van der Waals surface area contributed by atoms with Gasteiger partial charge in [-0.25, -0.2) is 0 Å². The Balaban J connectivity index is 0. The van der Waals surface area contributed by atoms with Crippen molar-refractivity contribution in [2.45, 2.75) is 129 Å². The van der Waals surface area contributed by atoms with Crippen LogP contribution in [0.3, 0.4) is 0 Å². The lowest BCUT2D eigenvalue weighted by Gasteiger charge is -2.07. The molecular formula is C26H56O6. The number of ether oxygens (including phenoxy) is 2. The lowest BCUT2D eigenvalue weighted by atomic mass is 10.1. The van der Waals surface area contributed by atoms with Crippen molar-refractivity contribution < 1.29 is 29.9 Å². The summed E-state index contributed by atoms with van der Waals surface area (Å²) in [6.07, 6.45) is 19.2. The minimum atomic E-state index is -0.714. The summed E-state index contributed by atoms with van der Waals surface area (Å²) in [5, 5.41) is 35.1. The Morgan fingerprint density at radius 2 is 0.750 bits per heavy atom. The van der Waals surface area contributed by atoms with Crippen LogP contribution >= 0.6 is 0 Å². The van der Waals surface area contributed by atoms with Crippen molar-refractivity contribution in [2.75, 3.05) is 39.6 Å². The summed E-state index contributed by atoms with van der Waals surface area (Å²) < 4.78 is 10.4. The van der Waals surface area contributed by atoms with Crippen molar-refractivity contribution in [1.29, 1.82) is 0 Å². The molecule has 0 aromatic heterocycles. The van der Waals surface area contributed by atoms with Gasteiger partial charge in [-0.05, 0) is 12.8 Å². The molecule has 0 saturated heterocycles. The Morgan fingerprint density at radius 1 is 0.469 bits per heavy atom. The molecule has 0 heterocycles. The molecule has 0 aromatic rings. The van der Waals surface area contributed by atoms with Crippen LogP contribution in [0.4, 0.5) is 0 Å². The van der Waals surface area contributed by atoms with E-state index < -0.39 is 12.2 Å². The lowest BCUT2D eigenvalue weighted by Crippen LogP contribution is -2.19. The van der Waals surface area contributed by atoms with E-state index in [0.717, 1.165) is 12.8 Å². The molecule has 0 saturated carbocycles. The SMILES string of the molecule is CCCCCCCCCCOCC(O)CO.CCCCCCCCCCOCC(O)CO. The first-order valence-corrected chi connectivity index (χ1v) is 13.4. The molecule has 0 radical (unpaired) electrons. The summed E-state index contributed by atoms with van der Waals surface area (Å²) in [5.74, 6) is 0. The van der Waals surface area contributed by atoms with Gasteiger partial charge in [-0.2, -0.15) is 0 Å². The third-order valence-corrected chi connectivity index (χ3v) is 5.33. The van der Waals surface area contributed by atoms with E-state index in [4.69, 9.17) is 29.9 Å². The van der Waals surface area contributed by atoms with Gasteiger partial charge in [-0.15, -0.1) is 0 Å². The Kier molecular flexibility index (Phi) is 32.6. The normalized spacial score (nSPS) is 12.9. The average Bonchev–Trinajstić information content (AvgIpc) is 2.81. The molecule has 196 valence electrons. The maximum absolute atomic E-state index is 9.01. The molecule has 0 aliphatic heterocycles. The summed E-state index contributed by atoms with van der Waals surface area (Å²) >= 11 is 0. The van der Waals surface area contributed by atoms with E-state index in [1.54, 1.807) is 0 Å². The van der Waals surface area contributed by atoms with E-state index in [9.17, 15) is 0 Å². The first-order valence-electron chi connectivity index (χ1n) is 13.4. The molecule has 32 heavy (non-hydrogen) atoms. The summed E-state index contributed by atoms with van der Waals surface area (Å²) in [6, 6.07) is 0. The highest BCUT2D eigenvalue weighted by molar-refractivity contribution is 4.51. The van der Waals surface area contributed by atoms with Crippen LogP contribution in [0.2, 0.25) is 0 Å². The van der Waals surface area contributed by atoms with Crippen molar-refractivity contribution >= 4 is 0 Å². The molecule has 4 N–H and O–H groups in total. The monoisotopic (exact) mass is 464 g/mol. The van der Waals surface area contributed by atoms with Gasteiger partial charge in [-0.3, -0.25) is 0 Å². The third kappa shape index (κ3) is 31.9. The second-order valence-electron chi connectivity index (χ2n) is 8.77. The fourth-order valence-electron chi connectivity index (χ4n) is 3.22. The highest BCUT2D eigenvalue weighted by Crippen LogP contribution is 2.09. The second-order valence-corrected chi connectivity index (χ2v) is 8.77. The van der Waals surface area contributed by atoms with Crippen LogP contribution in [-0.2, 0) is 9.47 Å². The maximum Gasteiger partial charge on any atom is 0.100 e. The van der Waals surface area contributed by atoms with Crippen molar-refractivity contribution in [3.8, 4) is 0 Å². The van der Waals surface area contributed by atoms with Gasteiger partial charge in [0.15, 0.2) is 0 Å². The van der Waals surface area contributed by atoms with Crippen molar-refractivity contribution in [2.24, 2.45) is 0 Å². The topological polar surface area (TPSA) is 99.4 Å². The molecule has 0 aliphatic carbocycles. The molecular weight excluding hydrogens is 408 g/mol. The summed E-state index contributed by atoms with van der Waals surface area (Å²) in [5.41, 5.74) is 0. The fourth-order valence-corrected chi connectivity index (χ4v) is 3.22. The van der Waals surface area contributed by atoms with E-state index >= 15 is 0 Å². The first-order chi connectivity index (χ1) is 15.6. The Bertz CT molecular complexity index is 287. The molecule has 0 fully saturated rings. The van der Waals surface area contributed by atoms with Gasteiger partial charge in [0.05, 0.1) is 26.4 Å². The number of hydrogen-bond acceptors (Lipinski definition) is 6. The van der Waals surface area contributed by atoms with Gasteiger partial charge in [0.2, 0.25) is 0 Å². The second kappa shape index (κ2) is 30.8. The van der Waals surface area contributed by atoms with Gasteiger partial charge < -0.3 is 29.9 Å². The molecule has 0 rings (SSSR count). The van der Waals surface area contributed by atoms with Crippen molar-refractivity contribution in [3.05, 3.63) is 0 Å². The molecule has 0 amide bonds. The predicted molar refractivity (Wildman–Crippen MR) is 133 cm³/mol. The highest BCUT2D eigenvalue weighted by atomic mass is 16.5. The van der Waals surface area contributed by atoms with E-state index in [1.807, 2.05) is 0 Å². The zero-order valence-electron chi connectivity index (χ0n) is 21.3. The van der Waals surface area contributed by atoms with Gasteiger partial charge in [0.25, 0.3) is 0 Å². The lowest BCUT2D eigenvalue weighted by molar-refractivity contribution is 0.00526. The number of aliphatic hydroxyl groups is 4. The van der Waals surface area contributed by atoms with Crippen LogP contribution in [0.1, 0.15) is 117 Å². The smallest absolute Gasteiger partial charge is 0.100 e. The third-order valence-electron chi connectivity index (χ3n) is 5.33. The number of unbranched alkanes of at least 4 members (excludes halogenated alkanes) is 14. The number of aliphatic hydroxyl groups excluding tert-OH is 4. The molecule has 0 aliphatic rings. The quantitative estimate of drug-likeness (QED) is 0.150. The molecule has 0 aromatic carbocycles. The van der Waals surface area contributed by atoms with Crippen LogP contribution < -0.4 is 0 Å². The molecule has 0 bridgehead atoms. The van der Waals surface area contributed by atoms with Gasteiger partial charge in [-0.1, -0.05) is 104 Å². The zero-order valence-corrected chi connectivity index (χ0v) is 21.3. The summed E-state index contributed by atoms with van der Waals surface area (Å²) in [7, 11) is 0. The molecule has 6 heteroatoms. The van der Waals surface area contributed by atoms with Crippen LogP contribution in [0, 0.1) is 0 Å². The maximum atomic E-state index is 9.01. The Morgan fingerprint density at radius 3 is 1.03 bits per heavy atom. The van der Waals surface area contributed by atoms with E-state index in [2.05, 4.69) is 13.8 Å². The summed E-state index contributed by atoms with van der Waals surface area (Å²) in [4.78, 5) is 0. The van der Waals surface area contributed by atoms with Crippen LogP contribution in [0.5, 0.6) is 0 Å². The van der Waals surface area contributed by atoms with Gasteiger partial charge >= 0.3 is 0 Å². The van der Waals surface area contributed by atoms with Gasteiger partial charge in [0, 0.05) is 13.2 Å². The highest BCUT2D eigenvalue weighted by Gasteiger charge is 2.01. The van der Waals surface area contributed by atoms with Crippen LogP contribution in [0.15, 0.2) is 0 Å².